The normalized spacial score (nSPS) is 17.0. The first kappa shape index (κ1) is 37.8. The van der Waals surface area contributed by atoms with Gasteiger partial charge in [0.25, 0.3) is 0 Å². The van der Waals surface area contributed by atoms with E-state index in [1.807, 2.05) is 72.8 Å². The molecule has 1 heterocycles. The monoisotopic (exact) mass is 709 g/mol. The van der Waals surface area contributed by atoms with Crippen LogP contribution in [0.1, 0.15) is 80.6 Å². The lowest BCUT2D eigenvalue weighted by atomic mass is 9.99. The third-order valence-corrected chi connectivity index (χ3v) is 9.76. The van der Waals surface area contributed by atoms with E-state index in [9.17, 15) is 19.5 Å². The van der Waals surface area contributed by atoms with E-state index in [4.69, 9.17) is 9.47 Å². The molecule has 1 fully saturated rings. The van der Waals surface area contributed by atoms with E-state index in [1.54, 1.807) is 11.8 Å². The highest BCUT2D eigenvalue weighted by Crippen LogP contribution is 2.40. The number of benzene rings is 4. The minimum atomic E-state index is -0.560. The molecule has 51 heavy (non-hydrogen) atoms. The minimum Gasteiger partial charge on any atom is -0.392 e. The Kier molecular flexibility index (Phi) is 14.2. The van der Waals surface area contributed by atoms with Crippen LogP contribution >= 0.6 is 11.8 Å². The zero-order valence-electron chi connectivity index (χ0n) is 29.2. The molecule has 4 N–H and O–H groups in total. The predicted molar refractivity (Wildman–Crippen MR) is 201 cm³/mol. The van der Waals surface area contributed by atoms with Crippen molar-refractivity contribution in [3.63, 3.8) is 0 Å². The summed E-state index contributed by atoms with van der Waals surface area (Å²) in [5.74, 6) is 0.622. The SMILES string of the molecule is CC(=O)NCCCCCC(=O)NCc1cccc(-c2ccc([C@@H]3O[C@H](CSc4ccc(NC(C)=O)cc4)C[C@H](c4ccc(CO)cc4)O3)cc2)c1. The first-order valence-corrected chi connectivity index (χ1v) is 18.5. The van der Waals surface area contributed by atoms with Gasteiger partial charge in [-0.25, -0.2) is 0 Å². The van der Waals surface area contributed by atoms with Crippen molar-refractivity contribution < 1.29 is 29.0 Å². The van der Waals surface area contributed by atoms with E-state index in [-0.39, 0.29) is 36.5 Å². The van der Waals surface area contributed by atoms with Crippen molar-refractivity contribution in [2.45, 2.75) is 82.5 Å². The number of nitrogens with one attached hydrogen (secondary N) is 3. The molecule has 0 aromatic heterocycles. The molecule has 10 heteroatoms. The highest BCUT2D eigenvalue weighted by atomic mass is 32.2. The lowest BCUT2D eigenvalue weighted by Gasteiger charge is -2.36. The average molecular weight is 710 g/mol. The van der Waals surface area contributed by atoms with E-state index in [2.05, 4.69) is 40.2 Å². The zero-order valence-corrected chi connectivity index (χ0v) is 30.0. The number of rotatable bonds is 16. The summed E-state index contributed by atoms with van der Waals surface area (Å²) in [6.07, 6.45) is 2.88. The molecule has 0 bridgehead atoms. The standard InChI is InChI=1S/C41H47N3O6S/c1-28(46)42-22-5-3-4-9-40(48)43-25-31-7-6-8-35(23-31)32-14-16-34(17-15-32)41-49-37(24-39(50-41)33-12-10-30(26-45)11-13-33)27-51-38-20-18-36(19-21-38)44-29(2)47/h6-8,10-21,23,37,39,41,45H,3-5,9,22,24-27H2,1-2H3,(H,42,46)(H,43,48)(H,44,47)/t37-,39+,41+/m0/s1. The van der Waals surface area contributed by atoms with Crippen molar-refractivity contribution in [3.8, 4) is 11.1 Å². The third kappa shape index (κ3) is 12.1. The van der Waals surface area contributed by atoms with E-state index < -0.39 is 6.29 Å². The number of amides is 3. The number of anilines is 1. The van der Waals surface area contributed by atoms with Crippen LogP contribution in [0.4, 0.5) is 5.69 Å². The maximum absolute atomic E-state index is 12.4. The lowest BCUT2D eigenvalue weighted by molar-refractivity contribution is -0.245. The highest BCUT2D eigenvalue weighted by molar-refractivity contribution is 7.99. The van der Waals surface area contributed by atoms with E-state index in [0.29, 0.717) is 25.9 Å². The van der Waals surface area contributed by atoms with Gasteiger partial charge in [-0.05, 0) is 71.0 Å². The molecular formula is C41H47N3O6S. The van der Waals surface area contributed by atoms with Crippen LogP contribution in [0.3, 0.4) is 0 Å². The maximum Gasteiger partial charge on any atom is 0.221 e. The number of aliphatic hydroxyl groups is 1. The molecular weight excluding hydrogens is 663 g/mol. The quantitative estimate of drug-likeness (QED) is 0.0703. The van der Waals surface area contributed by atoms with Gasteiger partial charge in [0.2, 0.25) is 17.7 Å². The Morgan fingerprint density at radius 1 is 0.765 bits per heavy atom. The smallest absolute Gasteiger partial charge is 0.221 e. The summed E-state index contributed by atoms with van der Waals surface area (Å²) in [5.41, 5.74) is 6.70. The molecule has 1 saturated heterocycles. The van der Waals surface area contributed by atoms with Gasteiger partial charge in [-0.15, -0.1) is 11.8 Å². The summed E-state index contributed by atoms with van der Waals surface area (Å²) < 4.78 is 13.1. The van der Waals surface area contributed by atoms with Crippen LogP contribution in [0.2, 0.25) is 0 Å². The summed E-state index contributed by atoms with van der Waals surface area (Å²) in [6.45, 7) is 4.09. The number of carbonyl (C=O) groups excluding carboxylic acids is 3. The molecule has 3 atom stereocenters. The molecule has 4 aromatic rings. The van der Waals surface area contributed by atoms with Gasteiger partial charge in [0.15, 0.2) is 6.29 Å². The van der Waals surface area contributed by atoms with E-state index >= 15 is 0 Å². The summed E-state index contributed by atoms with van der Waals surface area (Å²) in [7, 11) is 0. The summed E-state index contributed by atoms with van der Waals surface area (Å²) in [5, 5.41) is 18.1. The molecule has 0 aliphatic carbocycles. The molecule has 0 radical (unpaired) electrons. The second-order valence-corrected chi connectivity index (χ2v) is 13.9. The first-order chi connectivity index (χ1) is 24.7. The topological polar surface area (TPSA) is 126 Å². The summed E-state index contributed by atoms with van der Waals surface area (Å²) in [4.78, 5) is 35.8. The Morgan fingerprint density at radius 3 is 2.22 bits per heavy atom. The van der Waals surface area contributed by atoms with Crippen molar-refractivity contribution >= 4 is 35.2 Å². The summed E-state index contributed by atoms with van der Waals surface area (Å²) in [6, 6.07) is 32.1. The molecule has 0 saturated carbocycles. The number of hydrogen-bond acceptors (Lipinski definition) is 7. The van der Waals surface area contributed by atoms with Crippen molar-refractivity contribution in [2.24, 2.45) is 0 Å². The van der Waals surface area contributed by atoms with Crippen LogP contribution in [-0.4, -0.2) is 41.2 Å². The van der Waals surface area contributed by atoms with Crippen LogP contribution in [0.15, 0.2) is 102 Å². The van der Waals surface area contributed by atoms with Crippen molar-refractivity contribution in [1.82, 2.24) is 10.6 Å². The van der Waals surface area contributed by atoms with Gasteiger partial charge in [-0.2, -0.15) is 0 Å². The van der Waals surface area contributed by atoms with Crippen LogP contribution in [0, 0.1) is 0 Å². The average Bonchev–Trinajstić information content (AvgIpc) is 3.15. The van der Waals surface area contributed by atoms with Gasteiger partial charge >= 0.3 is 0 Å². The van der Waals surface area contributed by atoms with Gasteiger partial charge in [-0.3, -0.25) is 14.4 Å². The van der Waals surface area contributed by atoms with Gasteiger partial charge in [0, 0.05) is 61.7 Å². The maximum atomic E-state index is 12.4. The van der Waals surface area contributed by atoms with E-state index in [1.165, 1.54) is 13.8 Å². The van der Waals surface area contributed by atoms with E-state index in [0.717, 1.165) is 69.0 Å². The Labute approximate surface area is 304 Å². The van der Waals surface area contributed by atoms with Gasteiger partial charge in [0.1, 0.15) is 0 Å². The number of unbranched alkanes of at least 4 members (excludes halogenated alkanes) is 2. The molecule has 268 valence electrons. The highest BCUT2D eigenvalue weighted by Gasteiger charge is 2.32. The van der Waals surface area contributed by atoms with Gasteiger partial charge < -0.3 is 30.5 Å². The Hall–Kier alpha value is -4.48. The van der Waals surface area contributed by atoms with Crippen molar-refractivity contribution in [1.29, 1.82) is 0 Å². The lowest BCUT2D eigenvalue weighted by Crippen LogP contribution is -2.31. The van der Waals surface area contributed by atoms with Gasteiger partial charge in [-0.1, -0.05) is 73.2 Å². The largest absolute Gasteiger partial charge is 0.392 e. The second kappa shape index (κ2) is 19.2. The van der Waals surface area contributed by atoms with Crippen molar-refractivity contribution in [3.05, 3.63) is 119 Å². The van der Waals surface area contributed by atoms with Crippen LogP contribution in [0.5, 0.6) is 0 Å². The fourth-order valence-corrected chi connectivity index (χ4v) is 6.81. The second-order valence-electron chi connectivity index (χ2n) is 12.8. The predicted octanol–water partition coefficient (Wildman–Crippen LogP) is 7.45. The third-order valence-electron chi connectivity index (χ3n) is 8.61. The number of aliphatic hydroxyl groups excluding tert-OH is 1. The molecule has 9 nitrogen and oxygen atoms in total. The number of carbonyl (C=O) groups is 3. The molecule has 0 spiro atoms. The van der Waals surface area contributed by atoms with Crippen LogP contribution < -0.4 is 16.0 Å². The molecule has 5 rings (SSSR count). The fraction of sp³-hybridized carbons (Fsp3) is 0.341. The number of hydrogen-bond donors (Lipinski definition) is 4. The molecule has 1 aliphatic rings. The Bertz CT molecular complexity index is 1730. The first-order valence-electron chi connectivity index (χ1n) is 17.5. The minimum absolute atomic E-state index is 0.00947. The fourth-order valence-electron chi connectivity index (χ4n) is 5.88. The number of ether oxygens (including phenoxy) is 2. The van der Waals surface area contributed by atoms with Crippen LogP contribution in [0.25, 0.3) is 11.1 Å². The number of thioether (sulfide) groups is 1. The Balaban J connectivity index is 1.20. The molecule has 0 unspecified atom stereocenters. The Morgan fingerprint density at radius 2 is 1.51 bits per heavy atom. The zero-order chi connectivity index (χ0) is 36.0. The molecule has 1 aliphatic heterocycles. The van der Waals surface area contributed by atoms with Gasteiger partial charge in [0.05, 0.1) is 18.8 Å². The van der Waals surface area contributed by atoms with Crippen LogP contribution in [-0.2, 0) is 37.0 Å². The summed E-state index contributed by atoms with van der Waals surface area (Å²) >= 11 is 1.70. The molecule has 3 amide bonds. The van der Waals surface area contributed by atoms with Crippen molar-refractivity contribution in [2.75, 3.05) is 17.6 Å². The molecule has 4 aromatic carbocycles.